The molecule has 0 aliphatic carbocycles. The number of nitrogen functional groups attached to an aromatic ring is 1. The van der Waals surface area contributed by atoms with Crippen LogP contribution in [0, 0.1) is 18.3 Å². The largest absolute Gasteiger partial charge is 0.481 e. The Hall–Kier alpha value is -2.02. The van der Waals surface area contributed by atoms with Gasteiger partial charge in [0.15, 0.2) is 0 Å². The molecule has 14 heavy (non-hydrogen) atoms. The number of hydrogen-bond donors (Lipinski definition) is 2. The molecule has 72 valence electrons. The average molecular weight is 190 g/mol. The summed E-state index contributed by atoms with van der Waals surface area (Å²) in [5, 5.41) is 17.4. The Bertz CT molecular complexity index is 419. The zero-order chi connectivity index (χ0) is 10.7. The number of benzene rings is 1. The molecule has 0 saturated heterocycles. The Morgan fingerprint density at radius 3 is 2.79 bits per heavy atom. The smallest absolute Gasteiger partial charge is 0.307 e. The fraction of sp³-hybridized carbons (Fsp3) is 0.200. The van der Waals surface area contributed by atoms with Gasteiger partial charge >= 0.3 is 5.97 Å². The number of carboxylic acids is 1. The highest BCUT2D eigenvalue weighted by molar-refractivity contribution is 5.75. The van der Waals surface area contributed by atoms with Gasteiger partial charge in [0.1, 0.15) is 0 Å². The molecule has 4 heteroatoms. The lowest BCUT2D eigenvalue weighted by atomic mass is 10.0. The molecule has 0 saturated carbocycles. The minimum absolute atomic E-state index is 0.213. The Morgan fingerprint density at radius 1 is 1.64 bits per heavy atom. The number of aliphatic carboxylic acids is 1. The van der Waals surface area contributed by atoms with Crippen molar-refractivity contribution in [2.75, 3.05) is 5.73 Å². The highest BCUT2D eigenvalue weighted by Crippen LogP contribution is 2.19. The lowest BCUT2D eigenvalue weighted by Crippen LogP contribution is -2.06. The number of carboxylic acid groups (broad SMARTS) is 1. The van der Waals surface area contributed by atoms with Crippen molar-refractivity contribution in [3.05, 3.63) is 28.8 Å². The van der Waals surface area contributed by atoms with Crippen LogP contribution in [-0.4, -0.2) is 11.1 Å². The third kappa shape index (κ3) is 2.02. The highest BCUT2D eigenvalue weighted by Gasteiger charge is 2.10. The van der Waals surface area contributed by atoms with Crippen LogP contribution in [0.1, 0.15) is 16.7 Å². The van der Waals surface area contributed by atoms with Crippen molar-refractivity contribution in [3.63, 3.8) is 0 Å². The van der Waals surface area contributed by atoms with E-state index in [4.69, 9.17) is 16.1 Å². The second-order valence-electron chi connectivity index (χ2n) is 3.06. The summed E-state index contributed by atoms with van der Waals surface area (Å²) >= 11 is 0. The Morgan fingerprint density at radius 2 is 2.29 bits per heavy atom. The molecule has 0 heterocycles. The first-order chi connectivity index (χ1) is 6.54. The van der Waals surface area contributed by atoms with Crippen molar-refractivity contribution in [3.8, 4) is 6.07 Å². The van der Waals surface area contributed by atoms with Crippen molar-refractivity contribution in [1.82, 2.24) is 0 Å². The second-order valence-corrected chi connectivity index (χ2v) is 3.06. The Labute approximate surface area is 81.6 Å². The maximum absolute atomic E-state index is 10.5. The molecule has 1 aromatic carbocycles. The van der Waals surface area contributed by atoms with Gasteiger partial charge in [-0.05, 0) is 24.6 Å². The Kier molecular flexibility index (Phi) is 2.73. The zero-order valence-electron chi connectivity index (χ0n) is 7.74. The summed E-state index contributed by atoms with van der Waals surface area (Å²) in [6, 6.07) is 5.24. The van der Waals surface area contributed by atoms with E-state index in [0.29, 0.717) is 16.8 Å². The van der Waals surface area contributed by atoms with Crippen LogP contribution in [0.5, 0.6) is 0 Å². The molecule has 0 unspecified atom stereocenters. The molecule has 3 N–H and O–H groups in total. The SMILES string of the molecule is Cc1cc(N)c(CC(=O)O)c(C#N)c1. The molecule has 0 fully saturated rings. The third-order valence-corrected chi connectivity index (χ3v) is 1.88. The predicted octanol–water partition coefficient (Wildman–Crippen LogP) is 1.08. The number of rotatable bonds is 2. The van der Waals surface area contributed by atoms with E-state index in [1.54, 1.807) is 12.1 Å². The van der Waals surface area contributed by atoms with E-state index in [-0.39, 0.29) is 6.42 Å². The summed E-state index contributed by atoms with van der Waals surface area (Å²) in [6.45, 7) is 1.81. The first kappa shape index (κ1) is 10.1. The second kappa shape index (κ2) is 3.79. The van der Waals surface area contributed by atoms with Crippen LogP contribution in [-0.2, 0) is 11.2 Å². The molecule has 0 aliphatic rings. The van der Waals surface area contributed by atoms with E-state index in [9.17, 15) is 4.79 Å². The van der Waals surface area contributed by atoms with Crippen molar-refractivity contribution in [1.29, 1.82) is 5.26 Å². The maximum Gasteiger partial charge on any atom is 0.307 e. The van der Waals surface area contributed by atoms with Gasteiger partial charge < -0.3 is 10.8 Å². The molecular formula is C10H10N2O2. The van der Waals surface area contributed by atoms with Gasteiger partial charge in [-0.25, -0.2) is 0 Å². The molecule has 0 atom stereocenters. The van der Waals surface area contributed by atoms with E-state index in [1.165, 1.54) is 0 Å². The first-order valence-corrected chi connectivity index (χ1v) is 4.05. The minimum Gasteiger partial charge on any atom is -0.481 e. The quantitative estimate of drug-likeness (QED) is 0.683. The molecule has 0 bridgehead atoms. The molecule has 0 radical (unpaired) electrons. The molecule has 1 aromatic rings. The average Bonchev–Trinajstić information content (AvgIpc) is 2.08. The fourth-order valence-electron chi connectivity index (χ4n) is 1.29. The number of carbonyl (C=O) groups is 1. The van der Waals surface area contributed by atoms with E-state index >= 15 is 0 Å². The van der Waals surface area contributed by atoms with Gasteiger partial charge in [-0.1, -0.05) is 0 Å². The molecule has 0 amide bonds. The van der Waals surface area contributed by atoms with Crippen molar-refractivity contribution < 1.29 is 9.90 Å². The lowest BCUT2D eigenvalue weighted by Gasteiger charge is -2.06. The lowest BCUT2D eigenvalue weighted by molar-refractivity contribution is -0.136. The van der Waals surface area contributed by atoms with Gasteiger partial charge in [0.05, 0.1) is 18.1 Å². The molecular weight excluding hydrogens is 180 g/mol. The molecule has 1 rings (SSSR count). The number of nitriles is 1. The molecule has 0 spiro atoms. The van der Waals surface area contributed by atoms with Crippen LogP contribution >= 0.6 is 0 Å². The monoisotopic (exact) mass is 190 g/mol. The summed E-state index contributed by atoms with van der Waals surface area (Å²) < 4.78 is 0. The molecule has 0 aliphatic heterocycles. The normalized spacial score (nSPS) is 9.43. The number of aryl methyl sites for hydroxylation is 1. The van der Waals surface area contributed by atoms with Crippen LogP contribution in [0.2, 0.25) is 0 Å². The highest BCUT2D eigenvalue weighted by atomic mass is 16.4. The van der Waals surface area contributed by atoms with E-state index in [0.717, 1.165) is 5.56 Å². The third-order valence-electron chi connectivity index (χ3n) is 1.88. The van der Waals surface area contributed by atoms with Gasteiger partial charge in [0.25, 0.3) is 0 Å². The fourth-order valence-corrected chi connectivity index (χ4v) is 1.29. The summed E-state index contributed by atoms with van der Waals surface area (Å²) in [6.07, 6.45) is -0.213. The van der Waals surface area contributed by atoms with E-state index < -0.39 is 5.97 Å². The van der Waals surface area contributed by atoms with Crippen molar-refractivity contribution in [2.45, 2.75) is 13.3 Å². The van der Waals surface area contributed by atoms with Crippen molar-refractivity contribution in [2.24, 2.45) is 0 Å². The summed E-state index contributed by atoms with van der Waals surface area (Å²) in [5.74, 6) is -0.989. The standard InChI is InChI=1S/C10H10N2O2/c1-6-2-7(5-11)8(4-10(13)14)9(12)3-6/h2-3H,4,12H2,1H3,(H,13,14). The number of anilines is 1. The number of hydrogen-bond acceptors (Lipinski definition) is 3. The van der Waals surface area contributed by atoms with Crippen LogP contribution in [0.25, 0.3) is 0 Å². The summed E-state index contributed by atoms with van der Waals surface area (Å²) in [4.78, 5) is 10.5. The van der Waals surface area contributed by atoms with Gasteiger partial charge in [0.2, 0.25) is 0 Å². The number of nitrogens with zero attached hydrogens (tertiary/aromatic N) is 1. The minimum atomic E-state index is -0.989. The summed E-state index contributed by atoms with van der Waals surface area (Å²) in [5.41, 5.74) is 7.58. The Balaban J connectivity index is 3.27. The first-order valence-electron chi connectivity index (χ1n) is 4.05. The van der Waals surface area contributed by atoms with Crippen molar-refractivity contribution >= 4 is 11.7 Å². The van der Waals surface area contributed by atoms with Gasteiger partial charge in [-0.15, -0.1) is 0 Å². The predicted molar refractivity (Wildman–Crippen MR) is 51.6 cm³/mol. The topological polar surface area (TPSA) is 87.1 Å². The van der Waals surface area contributed by atoms with E-state index in [2.05, 4.69) is 0 Å². The maximum atomic E-state index is 10.5. The summed E-state index contributed by atoms with van der Waals surface area (Å²) in [7, 11) is 0. The van der Waals surface area contributed by atoms with Crippen LogP contribution in [0.4, 0.5) is 5.69 Å². The molecule has 4 nitrogen and oxygen atoms in total. The van der Waals surface area contributed by atoms with Crippen LogP contribution in [0.3, 0.4) is 0 Å². The van der Waals surface area contributed by atoms with Gasteiger partial charge in [-0.3, -0.25) is 4.79 Å². The molecule has 0 aromatic heterocycles. The van der Waals surface area contributed by atoms with E-state index in [1.807, 2.05) is 13.0 Å². The van der Waals surface area contributed by atoms with Crippen LogP contribution < -0.4 is 5.73 Å². The van der Waals surface area contributed by atoms with Gasteiger partial charge in [-0.2, -0.15) is 5.26 Å². The number of nitrogens with two attached hydrogens (primary N) is 1. The van der Waals surface area contributed by atoms with Crippen LogP contribution in [0.15, 0.2) is 12.1 Å². The zero-order valence-corrected chi connectivity index (χ0v) is 7.74. The van der Waals surface area contributed by atoms with Gasteiger partial charge in [0, 0.05) is 11.3 Å².